The molecule has 1 aromatic heterocycles. The molecule has 3 aromatic rings. The van der Waals surface area contributed by atoms with E-state index in [0.717, 1.165) is 5.56 Å². The summed E-state index contributed by atoms with van der Waals surface area (Å²) in [6.07, 6.45) is 2.04. The van der Waals surface area contributed by atoms with Gasteiger partial charge in [-0.15, -0.1) is 10.2 Å². The first-order valence-electron chi connectivity index (χ1n) is 10.6. The fourth-order valence-electron chi connectivity index (χ4n) is 3.90. The average molecular weight is 470 g/mol. The lowest BCUT2D eigenvalue weighted by molar-refractivity contribution is 0.0689. The van der Waals surface area contributed by atoms with Crippen LogP contribution in [0.2, 0.25) is 5.02 Å². The van der Waals surface area contributed by atoms with Gasteiger partial charge in [-0.05, 0) is 48.4 Å². The van der Waals surface area contributed by atoms with Gasteiger partial charge in [-0.3, -0.25) is 4.79 Å². The highest BCUT2D eigenvalue weighted by Gasteiger charge is 2.29. The molecule has 0 radical (unpaired) electrons. The molecule has 1 amide bonds. The summed E-state index contributed by atoms with van der Waals surface area (Å²) in [7, 11) is 1.59. The number of carbonyl (C=O) groups excluding carboxylic acids is 2. The molecule has 2 heterocycles. The first-order valence-corrected chi connectivity index (χ1v) is 11.0. The predicted molar refractivity (Wildman–Crippen MR) is 120 cm³/mol. The van der Waals surface area contributed by atoms with E-state index in [4.69, 9.17) is 21.1 Å². The standard InChI is InChI=1S/C23H24ClN5O4/c1-32-18-8-6-16(7-9-18)22(30)17-10-12-28(13-11-17)23(31)33-14-21(29-26-15-25-27-29)19-4-2-3-5-20(19)24/h2-9,15,17,21H,10-14H2,1H3. The molecule has 1 unspecified atom stereocenters. The van der Waals surface area contributed by atoms with Crippen LogP contribution >= 0.6 is 11.6 Å². The third-order valence-corrected chi connectivity index (χ3v) is 6.12. The van der Waals surface area contributed by atoms with E-state index in [1.807, 2.05) is 18.2 Å². The molecule has 4 rings (SSSR count). The van der Waals surface area contributed by atoms with Crippen LogP contribution in [0.1, 0.15) is 34.8 Å². The van der Waals surface area contributed by atoms with E-state index in [-0.39, 0.29) is 18.3 Å². The van der Waals surface area contributed by atoms with Crippen molar-refractivity contribution >= 4 is 23.5 Å². The summed E-state index contributed by atoms with van der Waals surface area (Å²) < 4.78 is 10.7. The van der Waals surface area contributed by atoms with Gasteiger partial charge in [0.15, 0.2) is 12.1 Å². The molecule has 0 aliphatic carbocycles. The topological polar surface area (TPSA) is 99.4 Å². The molecule has 10 heteroatoms. The van der Waals surface area contributed by atoms with Gasteiger partial charge in [-0.25, -0.2) is 4.79 Å². The van der Waals surface area contributed by atoms with Gasteiger partial charge in [0.1, 0.15) is 18.4 Å². The van der Waals surface area contributed by atoms with Crippen LogP contribution in [0, 0.1) is 5.92 Å². The number of piperidine rings is 1. The van der Waals surface area contributed by atoms with E-state index >= 15 is 0 Å². The number of Topliss-reactive ketones (excluding diaryl/α,β-unsaturated/α-hetero) is 1. The summed E-state index contributed by atoms with van der Waals surface area (Å²) in [5, 5.41) is 12.3. The lowest BCUT2D eigenvalue weighted by Crippen LogP contribution is -2.41. The Morgan fingerprint density at radius 3 is 2.48 bits per heavy atom. The zero-order valence-electron chi connectivity index (χ0n) is 18.1. The van der Waals surface area contributed by atoms with Crippen molar-refractivity contribution in [2.45, 2.75) is 18.9 Å². The minimum absolute atomic E-state index is 0.00361. The molecule has 1 atom stereocenters. The highest BCUT2D eigenvalue weighted by Crippen LogP contribution is 2.26. The number of nitrogens with zero attached hydrogens (tertiary/aromatic N) is 5. The summed E-state index contributed by atoms with van der Waals surface area (Å²) in [4.78, 5) is 28.5. The predicted octanol–water partition coefficient (Wildman–Crippen LogP) is 3.66. The Morgan fingerprint density at radius 1 is 1.12 bits per heavy atom. The van der Waals surface area contributed by atoms with Crippen LogP contribution in [0.3, 0.4) is 0 Å². The number of rotatable bonds is 7. The second-order valence-corrected chi connectivity index (χ2v) is 8.13. The van der Waals surface area contributed by atoms with Crippen molar-refractivity contribution in [1.82, 2.24) is 25.1 Å². The Balaban J connectivity index is 1.33. The number of likely N-dealkylation sites (tertiary alicyclic amines) is 1. The first kappa shape index (κ1) is 22.7. The Bertz CT molecular complexity index is 1080. The monoisotopic (exact) mass is 469 g/mol. The van der Waals surface area contributed by atoms with E-state index in [9.17, 15) is 9.59 Å². The second kappa shape index (κ2) is 10.4. The van der Waals surface area contributed by atoms with Crippen LogP contribution in [0.25, 0.3) is 0 Å². The lowest BCUT2D eigenvalue weighted by Gasteiger charge is -2.31. The fourth-order valence-corrected chi connectivity index (χ4v) is 4.16. The molecular formula is C23H24ClN5O4. The van der Waals surface area contributed by atoms with Crippen molar-refractivity contribution in [2.75, 3.05) is 26.8 Å². The van der Waals surface area contributed by atoms with Gasteiger partial charge in [0.2, 0.25) is 0 Å². The van der Waals surface area contributed by atoms with Crippen LogP contribution in [-0.4, -0.2) is 63.8 Å². The number of benzene rings is 2. The summed E-state index contributed by atoms with van der Waals surface area (Å²) in [6.45, 7) is 0.900. The number of hydrogen-bond donors (Lipinski definition) is 0. The number of ether oxygens (including phenoxy) is 2. The first-order chi connectivity index (χ1) is 16.1. The van der Waals surface area contributed by atoms with Crippen molar-refractivity contribution in [2.24, 2.45) is 5.92 Å². The largest absolute Gasteiger partial charge is 0.497 e. The van der Waals surface area contributed by atoms with Gasteiger partial charge in [-0.1, -0.05) is 29.8 Å². The van der Waals surface area contributed by atoms with E-state index in [2.05, 4.69) is 15.4 Å². The molecule has 2 aromatic carbocycles. The maximum absolute atomic E-state index is 12.8. The number of ketones is 1. The van der Waals surface area contributed by atoms with Crippen LogP contribution < -0.4 is 4.74 Å². The molecular weight excluding hydrogens is 446 g/mol. The van der Waals surface area contributed by atoms with E-state index in [0.29, 0.717) is 42.3 Å². The molecule has 1 aliphatic heterocycles. The summed E-state index contributed by atoms with van der Waals surface area (Å²) in [5.74, 6) is 0.666. The van der Waals surface area contributed by atoms with E-state index in [1.165, 1.54) is 11.1 Å². The van der Waals surface area contributed by atoms with Crippen LogP contribution in [0.4, 0.5) is 4.79 Å². The van der Waals surface area contributed by atoms with Crippen molar-refractivity contribution in [1.29, 1.82) is 0 Å². The molecule has 0 saturated carbocycles. The van der Waals surface area contributed by atoms with Crippen molar-refractivity contribution in [3.8, 4) is 5.75 Å². The second-order valence-electron chi connectivity index (χ2n) is 7.72. The zero-order chi connectivity index (χ0) is 23.2. The summed E-state index contributed by atoms with van der Waals surface area (Å²) >= 11 is 6.33. The highest BCUT2D eigenvalue weighted by atomic mass is 35.5. The molecule has 33 heavy (non-hydrogen) atoms. The molecule has 1 fully saturated rings. The van der Waals surface area contributed by atoms with Gasteiger partial charge in [0.05, 0.1) is 7.11 Å². The normalized spacial score (nSPS) is 15.2. The SMILES string of the molecule is COc1ccc(C(=O)C2CCN(C(=O)OCC(c3ccccc3Cl)n3ncnn3)CC2)cc1. The van der Waals surface area contributed by atoms with Gasteiger partial charge in [0.25, 0.3) is 0 Å². The van der Waals surface area contributed by atoms with Crippen molar-refractivity contribution < 1.29 is 19.1 Å². The molecule has 172 valence electrons. The fraction of sp³-hybridized carbons (Fsp3) is 0.348. The minimum Gasteiger partial charge on any atom is -0.497 e. The molecule has 0 bridgehead atoms. The van der Waals surface area contributed by atoms with Crippen LogP contribution in [-0.2, 0) is 4.74 Å². The average Bonchev–Trinajstić information content (AvgIpc) is 3.39. The Labute approximate surface area is 196 Å². The number of halogens is 1. The minimum atomic E-state index is -0.501. The van der Waals surface area contributed by atoms with Crippen molar-refractivity contribution in [3.63, 3.8) is 0 Å². The molecule has 0 N–H and O–H groups in total. The smallest absolute Gasteiger partial charge is 0.409 e. The Hall–Kier alpha value is -3.46. The molecule has 0 spiro atoms. The maximum atomic E-state index is 12.8. The van der Waals surface area contributed by atoms with Crippen LogP contribution in [0.5, 0.6) is 5.75 Å². The lowest BCUT2D eigenvalue weighted by atomic mass is 9.89. The zero-order valence-corrected chi connectivity index (χ0v) is 18.9. The quantitative estimate of drug-likeness (QED) is 0.487. The molecule has 1 aliphatic rings. The number of hydrogen-bond acceptors (Lipinski definition) is 7. The highest BCUT2D eigenvalue weighted by molar-refractivity contribution is 6.31. The number of tetrazole rings is 1. The molecule has 1 saturated heterocycles. The van der Waals surface area contributed by atoms with Gasteiger partial charge >= 0.3 is 6.09 Å². The third-order valence-electron chi connectivity index (χ3n) is 5.77. The summed E-state index contributed by atoms with van der Waals surface area (Å²) in [6, 6.07) is 13.9. The Kier molecular flexibility index (Phi) is 7.19. The van der Waals surface area contributed by atoms with Gasteiger partial charge < -0.3 is 14.4 Å². The molecule has 9 nitrogen and oxygen atoms in total. The number of carbonyl (C=O) groups is 2. The van der Waals surface area contributed by atoms with E-state index in [1.54, 1.807) is 42.3 Å². The maximum Gasteiger partial charge on any atom is 0.409 e. The van der Waals surface area contributed by atoms with E-state index < -0.39 is 12.1 Å². The number of amides is 1. The van der Waals surface area contributed by atoms with Gasteiger partial charge in [-0.2, -0.15) is 4.80 Å². The summed E-state index contributed by atoms with van der Waals surface area (Å²) in [5.41, 5.74) is 1.38. The number of aromatic nitrogens is 4. The van der Waals surface area contributed by atoms with Crippen molar-refractivity contribution in [3.05, 3.63) is 71.0 Å². The van der Waals surface area contributed by atoms with Crippen LogP contribution in [0.15, 0.2) is 54.9 Å². The Morgan fingerprint density at radius 2 is 1.85 bits per heavy atom. The number of methoxy groups -OCH3 is 1. The van der Waals surface area contributed by atoms with Gasteiger partial charge in [0, 0.05) is 35.2 Å². The third kappa shape index (κ3) is 5.31.